The Balaban J connectivity index is 1.69. The normalized spacial score (nSPS) is 24.8. The largest absolute Gasteiger partial charge is 0.343 e. The topological polar surface area (TPSA) is 21.1 Å². The highest BCUT2D eigenvalue weighted by Crippen LogP contribution is 2.03. The first-order valence-electron chi connectivity index (χ1n) is 6.63. The lowest BCUT2D eigenvalue weighted by molar-refractivity contribution is -0.894. The van der Waals surface area contributed by atoms with E-state index in [9.17, 15) is 4.39 Å². The summed E-state index contributed by atoms with van der Waals surface area (Å²) in [7, 11) is 2.27. The second-order valence-electron chi connectivity index (χ2n) is 5.20. The second kappa shape index (κ2) is 6.12. The number of hydrogen-bond donors (Lipinski definition) is 2. The lowest BCUT2D eigenvalue weighted by Gasteiger charge is -2.24. The van der Waals surface area contributed by atoms with Crippen molar-refractivity contribution in [2.24, 2.45) is 0 Å². The number of hydrogen-bond acceptors (Lipinski definition) is 0. The number of rotatable bonds is 4. The van der Waals surface area contributed by atoms with E-state index in [0.29, 0.717) is 0 Å². The van der Waals surface area contributed by atoms with Crippen molar-refractivity contribution in [3.8, 4) is 0 Å². The minimum absolute atomic E-state index is 0.120. The first-order valence-corrected chi connectivity index (χ1v) is 6.63. The van der Waals surface area contributed by atoms with E-state index in [1.54, 1.807) is 17.0 Å². The van der Waals surface area contributed by atoms with Gasteiger partial charge in [-0.05, 0) is 17.7 Å². The van der Waals surface area contributed by atoms with Crippen molar-refractivity contribution in [2.75, 3.05) is 26.7 Å². The summed E-state index contributed by atoms with van der Waals surface area (Å²) in [6, 6.07) is 7.74. The lowest BCUT2D eigenvalue weighted by Crippen LogP contribution is -3.12. The fraction of sp³-hybridized carbons (Fsp3) is 0.571. The molecule has 2 rings (SSSR count). The van der Waals surface area contributed by atoms with Crippen LogP contribution in [-0.2, 0) is 6.42 Å². The van der Waals surface area contributed by atoms with Crippen molar-refractivity contribution < 1.29 is 14.6 Å². The summed E-state index contributed by atoms with van der Waals surface area (Å²) < 4.78 is 13.0. The number of halogens is 1. The summed E-state index contributed by atoms with van der Waals surface area (Å²) in [5, 5.41) is 2.44. The van der Waals surface area contributed by atoms with Crippen LogP contribution in [0.2, 0.25) is 0 Å². The van der Waals surface area contributed by atoms with Gasteiger partial charge in [-0.1, -0.05) is 12.1 Å². The molecule has 94 valence electrons. The molecule has 0 aliphatic carbocycles. The van der Waals surface area contributed by atoms with Crippen molar-refractivity contribution in [3.63, 3.8) is 0 Å². The quantitative estimate of drug-likeness (QED) is 0.713. The van der Waals surface area contributed by atoms with E-state index in [1.807, 2.05) is 6.07 Å². The molecule has 1 aromatic carbocycles. The van der Waals surface area contributed by atoms with Gasteiger partial charge in [-0.2, -0.15) is 0 Å². The zero-order chi connectivity index (χ0) is 12.1. The molecule has 0 spiro atoms. The fourth-order valence-electron chi connectivity index (χ4n) is 2.55. The van der Waals surface area contributed by atoms with Gasteiger partial charge < -0.3 is 10.2 Å². The Labute approximate surface area is 103 Å². The van der Waals surface area contributed by atoms with E-state index < -0.39 is 0 Å². The van der Waals surface area contributed by atoms with Crippen LogP contribution in [0.1, 0.15) is 18.4 Å². The number of nitrogens with two attached hydrogens (primary N) is 1. The van der Waals surface area contributed by atoms with Gasteiger partial charge in [0.05, 0.1) is 32.7 Å². The molecular weight excluding hydrogens is 215 g/mol. The van der Waals surface area contributed by atoms with Crippen molar-refractivity contribution >= 4 is 0 Å². The third-order valence-corrected chi connectivity index (χ3v) is 3.71. The zero-order valence-corrected chi connectivity index (χ0v) is 10.6. The van der Waals surface area contributed by atoms with Crippen LogP contribution in [0.4, 0.5) is 4.39 Å². The lowest BCUT2D eigenvalue weighted by atomic mass is 10.1. The molecule has 1 heterocycles. The molecule has 0 amide bonds. The average molecular weight is 238 g/mol. The van der Waals surface area contributed by atoms with E-state index in [0.717, 1.165) is 24.6 Å². The maximum Gasteiger partial charge on any atom is 0.123 e. The highest BCUT2D eigenvalue weighted by molar-refractivity contribution is 5.16. The molecule has 1 aliphatic rings. The minimum Gasteiger partial charge on any atom is -0.343 e. The average Bonchev–Trinajstić information content (AvgIpc) is 2.32. The Morgan fingerprint density at radius 2 is 2.12 bits per heavy atom. The van der Waals surface area contributed by atoms with Crippen LogP contribution in [0.15, 0.2) is 24.3 Å². The monoisotopic (exact) mass is 238 g/mol. The molecule has 0 atom stereocenters. The van der Waals surface area contributed by atoms with Crippen molar-refractivity contribution in [3.05, 3.63) is 35.6 Å². The van der Waals surface area contributed by atoms with Gasteiger partial charge >= 0.3 is 0 Å². The second-order valence-corrected chi connectivity index (χ2v) is 5.20. The van der Waals surface area contributed by atoms with E-state index in [1.165, 1.54) is 32.0 Å². The number of likely N-dealkylation sites (tertiary alicyclic amines) is 1. The summed E-state index contributed by atoms with van der Waals surface area (Å²) in [5.74, 6) is -0.120. The predicted molar refractivity (Wildman–Crippen MR) is 66.5 cm³/mol. The van der Waals surface area contributed by atoms with E-state index >= 15 is 0 Å². The Morgan fingerprint density at radius 3 is 2.82 bits per heavy atom. The molecule has 1 aromatic rings. The van der Waals surface area contributed by atoms with Crippen LogP contribution >= 0.6 is 0 Å². The van der Waals surface area contributed by atoms with Gasteiger partial charge in [0.1, 0.15) is 5.82 Å². The highest BCUT2D eigenvalue weighted by atomic mass is 19.1. The molecule has 1 fully saturated rings. The summed E-state index contributed by atoms with van der Waals surface area (Å²) in [6.07, 6.45) is 3.60. The first kappa shape index (κ1) is 12.5. The number of benzene rings is 1. The third kappa shape index (κ3) is 4.10. The summed E-state index contributed by atoms with van der Waals surface area (Å²) in [5.41, 5.74) is 1.11. The van der Waals surface area contributed by atoms with Gasteiger partial charge in [0, 0.05) is 19.3 Å². The van der Waals surface area contributed by atoms with Crippen LogP contribution in [0.3, 0.4) is 0 Å². The maximum absolute atomic E-state index is 13.0. The minimum atomic E-state index is -0.120. The molecular formula is C14H23FN2+2. The van der Waals surface area contributed by atoms with Gasteiger partial charge in [-0.25, -0.2) is 4.39 Å². The Bertz CT molecular complexity index is 346. The Kier molecular flexibility index (Phi) is 4.51. The predicted octanol–water partition coefficient (Wildman–Crippen LogP) is -0.391. The standard InChI is InChI=1S/C14H21FN2/c1-17-9-6-14(7-10-17)16-8-5-12-3-2-4-13(15)11-12/h2-4,11,14,16H,5-10H2,1H3/p+2. The Hall–Kier alpha value is -0.930. The molecule has 3 N–H and O–H groups in total. The third-order valence-electron chi connectivity index (χ3n) is 3.71. The summed E-state index contributed by atoms with van der Waals surface area (Å²) >= 11 is 0. The molecule has 0 radical (unpaired) electrons. The van der Waals surface area contributed by atoms with Gasteiger partial charge in [0.15, 0.2) is 0 Å². The summed E-state index contributed by atoms with van der Waals surface area (Å²) in [6.45, 7) is 3.66. The van der Waals surface area contributed by atoms with Gasteiger partial charge in [-0.3, -0.25) is 0 Å². The molecule has 17 heavy (non-hydrogen) atoms. The molecule has 3 heteroatoms. The fourth-order valence-corrected chi connectivity index (χ4v) is 2.55. The van der Waals surface area contributed by atoms with Gasteiger partial charge in [0.2, 0.25) is 0 Å². The Morgan fingerprint density at radius 1 is 1.35 bits per heavy atom. The molecule has 0 bridgehead atoms. The first-order chi connectivity index (χ1) is 8.24. The molecule has 0 unspecified atom stereocenters. The summed E-state index contributed by atoms with van der Waals surface area (Å²) in [4.78, 5) is 1.65. The molecule has 1 saturated heterocycles. The van der Waals surface area contributed by atoms with Crippen molar-refractivity contribution in [1.29, 1.82) is 0 Å². The van der Waals surface area contributed by atoms with Crippen LogP contribution in [-0.4, -0.2) is 32.7 Å². The number of quaternary nitrogens is 2. The van der Waals surface area contributed by atoms with Crippen LogP contribution in [0, 0.1) is 5.82 Å². The number of piperidine rings is 1. The van der Waals surface area contributed by atoms with Crippen LogP contribution in [0.5, 0.6) is 0 Å². The maximum atomic E-state index is 13.0. The van der Waals surface area contributed by atoms with Gasteiger partial charge in [0.25, 0.3) is 0 Å². The molecule has 1 aliphatic heterocycles. The van der Waals surface area contributed by atoms with Crippen LogP contribution < -0.4 is 10.2 Å². The SMILES string of the molecule is C[NH+]1CCC([NH2+]CCc2cccc(F)c2)CC1. The molecule has 0 saturated carbocycles. The molecule has 0 aromatic heterocycles. The smallest absolute Gasteiger partial charge is 0.123 e. The zero-order valence-electron chi connectivity index (χ0n) is 10.6. The molecule has 2 nitrogen and oxygen atoms in total. The van der Waals surface area contributed by atoms with E-state index in [4.69, 9.17) is 0 Å². The van der Waals surface area contributed by atoms with E-state index in [2.05, 4.69) is 12.4 Å². The van der Waals surface area contributed by atoms with Crippen molar-refractivity contribution in [2.45, 2.75) is 25.3 Å². The highest BCUT2D eigenvalue weighted by Gasteiger charge is 2.21. The van der Waals surface area contributed by atoms with E-state index in [-0.39, 0.29) is 5.82 Å². The van der Waals surface area contributed by atoms with Gasteiger partial charge in [-0.15, -0.1) is 0 Å². The van der Waals surface area contributed by atoms with Crippen LogP contribution in [0.25, 0.3) is 0 Å². The number of nitrogens with one attached hydrogen (secondary N) is 1. The van der Waals surface area contributed by atoms with Crippen molar-refractivity contribution in [1.82, 2.24) is 0 Å².